The molecule has 0 unspecified atom stereocenters. The van der Waals surface area contributed by atoms with Gasteiger partial charge in [0.25, 0.3) is 0 Å². The number of thiophene rings is 1. The molecule has 0 N–H and O–H groups in total. The Labute approximate surface area is 319 Å². The van der Waals surface area contributed by atoms with E-state index < -0.39 is 0 Å². The Morgan fingerprint density at radius 1 is 0.436 bits per heavy atom. The second-order valence-corrected chi connectivity index (χ2v) is 15.0. The van der Waals surface area contributed by atoms with Gasteiger partial charge in [-0.25, -0.2) is 0 Å². The second-order valence-electron chi connectivity index (χ2n) is 13.9. The van der Waals surface area contributed by atoms with Crippen molar-refractivity contribution in [2.24, 2.45) is 0 Å². The molecule has 0 fully saturated rings. The highest BCUT2D eigenvalue weighted by molar-refractivity contribution is 7.25. The molecule has 11 aromatic rings. The van der Waals surface area contributed by atoms with E-state index in [-0.39, 0.29) is 0 Å². The molecule has 0 spiro atoms. The molecule has 0 aliphatic carbocycles. The van der Waals surface area contributed by atoms with Crippen molar-refractivity contribution in [2.45, 2.75) is 0 Å². The third kappa shape index (κ3) is 4.82. The quantitative estimate of drug-likeness (QED) is 0.182. The van der Waals surface area contributed by atoms with Gasteiger partial charge in [-0.1, -0.05) is 84.9 Å². The van der Waals surface area contributed by atoms with Crippen LogP contribution in [0.2, 0.25) is 0 Å². The average molecular weight is 718 g/mol. The molecule has 0 saturated carbocycles. The summed E-state index contributed by atoms with van der Waals surface area (Å²) in [6, 6.07) is 61.4. The number of hydrogen-bond donors (Lipinski definition) is 0. The van der Waals surface area contributed by atoms with Gasteiger partial charge < -0.3 is 8.98 Å². The molecule has 0 atom stereocenters. The Morgan fingerprint density at radius 2 is 1.18 bits per heavy atom. The predicted octanol–water partition coefficient (Wildman–Crippen LogP) is 13.8. The summed E-state index contributed by atoms with van der Waals surface area (Å²) in [5.74, 6) is 0. The fourth-order valence-corrected chi connectivity index (χ4v) is 9.52. The van der Waals surface area contributed by atoms with Crippen molar-refractivity contribution in [3.63, 3.8) is 0 Å². The number of rotatable bonds is 4. The zero-order chi connectivity index (χ0) is 36.6. The smallest absolute Gasteiger partial charge is 0.136 e. The van der Waals surface area contributed by atoms with Crippen LogP contribution in [-0.4, -0.2) is 4.57 Å². The van der Waals surface area contributed by atoms with Crippen LogP contribution in [0.5, 0.6) is 0 Å². The van der Waals surface area contributed by atoms with Gasteiger partial charge in [-0.05, 0) is 112 Å². The summed E-state index contributed by atoms with van der Waals surface area (Å²) in [4.78, 5) is 0. The van der Waals surface area contributed by atoms with E-state index in [0.717, 1.165) is 82.8 Å². The molecule has 0 radical (unpaired) electrons. The number of para-hydroxylation sites is 2. The highest BCUT2D eigenvalue weighted by Gasteiger charge is 2.20. The minimum Gasteiger partial charge on any atom is -0.456 e. The van der Waals surface area contributed by atoms with Crippen LogP contribution in [0.15, 0.2) is 168 Å². The van der Waals surface area contributed by atoms with Crippen LogP contribution in [0.3, 0.4) is 0 Å². The van der Waals surface area contributed by atoms with Crippen molar-refractivity contribution < 1.29 is 4.42 Å². The van der Waals surface area contributed by atoms with Gasteiger partial charge in [-0.15, -0.1) is 11.3 Å². The maximum Gasteiger partial charge on any atom is 0.136 e. The number of nitriles is 2. The van der Waals surface area contributed by atoms with E-state index in [1.165, 1.54) is 20.2 Å². The first-order valence-electron chi connectivity index (χ1n) is 18.1. The lowest BCUT2D eigenvalue weighted by molar-refractivity contribution is 0.669. The molecule has 8 aromatic carbocycles. The lowest BCUT2D eigenvalue weighted by Gasteiger charge is -2.17. The summed E-state index contributed by atoms with van der Waals surface area (Å²) in [7, 11) is 0. The van der Waals surface area contributed by atoms with Crippen LogP contribution in [-0.2, 0) is 0 Å². The van der Waals surface area contributed by atoms with E-state index >= 15 is 0 Å². The molecule has 4 nitrogen and oxygen atoms in total. The fourth-order valence-electron chi connectivity index (χ4n) is 8.39. The van der Waals surface area contributed by atoms with E-state index in [0.29, 0.717) is 11.1 Å². The third-order valence-electron chi connectivity index (χ3n) is 10.8. The van der Waals surface area contributed by atoms with E-state index in [1.54, 1.807) is 17.4 Å². The van der Waals surface area contributed by atoms with Crippen LogP contribution in [0.1, 0.15) is 11.1 Å². The monoisotopic (exact) mass is 717 g/mol. The summed E-state index contributed by atoms with van der Waals surface area (Å²) in [5.41, 5.74) is 12.1. The second kappa shape index (κ2) is 12.0. The van der Waals surface area contributed by atoms with Gasteiger partial charge in [0.2, 0.25) is 0 Å². The summed E-state index contributed by atoms with van der Waals surface area (Å²) in [5, 5.41) is 26.8. The highest BCUT2D eigenvalue weighted by atomic mass is 32.1. The molecule has 11 rings (SSSR count). The van der Waals surface area contributed by atoms with E-state index in [1.807, 2.05) is 42.5 Å². The van der Waals surface area contributed by atoms with Crippen molar-refractivity contribution in [1.82, 2.24) is 4.57 Å². The molecule has 3 heterocycles. The van der Waals surface area contributed by atoms with Gasteiger partial charge in [0.1, 0.15) is 11.2 Å². The predicted molar refractivity (Wildman–Crippen MR) is 227 cm³/mol. The van der Waals surface area contributed by atoms with Crippen LogP contribution in [0.4, 0.5) is 0 Å². The Hall–Kier alpha value is -7.44. The van der Waals surface area contributed by atoms with E-state index in [2.05, 4.69) is 132 Å². The number of benzene rings is 8. The van der Waals surface area contributed by atoms with Crippen molar-refractivity contribution in [3.8, 4) is 51.2 Å². The number of aromatic nitrogens is 1. The maximum atomic E-state index is 10.3. The lowest BCUT2D eigenvalue weighted by Crippen LogP contribution is -1.97. The van der Waals surface area contributed by atoms with E-state index in [4.69, 9.17) is 4.42 Å². The Kier molecular flexibility index (Phi) is 6.82. The van der Waals surface area contributed by atoms with Crippen LogP contribution in [0, 0.1) is 22.7 Å². The number of fused-ring (bicyclic) bond motifs is 9. The molecular weight excluding hydrogens is 691 g/mol. The van der Waals surface area contributed by atoms with Crippen molar-refractivity contribution in [2.75, 3.05) is 0 Å². The summed E-state index contributed by atoms with van der Waals surface area (Å²) >= 11 is 1.81. The van der Waals surface area contributed by atoms with Gasteiger partial charge in [0.05, 0.1) is 34.3 Å². The lowest BCUT2D eigenvalue weighted by atomic mass is 9.89. The zero-order valence-electron chi connectivity index (χ0n) is 29.2. The third-order valence-corrected chi connectivity index (χ3v) is 12.0. The van der Waals surface area contributed by atoms with Crippen LogP contribution < -0.4 is 0 Å². The standard InChI is InChI=1S/C50H27N3OS/c51-28-30-9-7-10-32(21-30)33-22-31(29-52)23-34(24-33)36-20-19-35(25-41(36)39-14-8-18-49-50(39)40-13-3-6-17-48(40)55-49)53-44-15-4-1-11-37(44)42-27-47-43(26-45(42)53)38-12-2-5-16-46(38)54-47/h1-27H. The SMILES string of the molecule is N#Cc1cccc(-c2cc(C#N)cc(-c3ccc(-n4c5ccccc5c5cc6oc7ccccc7c6cc54)cc3-c3cccc4sc5ccccc5c34)c2)c1. The Balaban J connectivity index is 1.23. The first-order chi connectivity index (χ1) is 27.1. The summed E-state index contributed by atoms with van der Waals surface area (Å²) in [6.45, 7) is 0. The van der Waals surface area contributed by atoms with Crippen molar-refractivity contribution in [1.29, 1.82) is 10.5 Å². The van der Waals surface area contributed by atoms with Crippen LogP contribution in [0.25, 0.3) is 103 Å². The van der Waals surface area contributed by atoms with Gasteiger partial charge in [-0.2, -0.15) is 10.5 Å². The van der Waals surface area contributed by atoms with Crippen LogP contribution >= 0.6 is 11.3 Å². The maximum absolute atomic E-state index is 10.3. The molecule has 0 amide bonds. The highest BCUT2D eigenvalue weighted by Crippen LogP contribution is 2.45. The summed E-state index contributed by atoms with van der Waals surface area (Å²) < 4.78 is 11.2. The topological polar surface area (TPSA) is 65.7 Å². The first-order valence-corrected chi connectivity index (χ1v) is 18.9. The zero-order valence-corrected chi connectivity index (χ0v) is 30.1. The van der Waals surface area contributed by atoms with Gasteiger partial charge in [0.15, 0.2) is 0 Å². The number of furan rings is 1. The Bertz CT molecular complexity index is 3480. The molecule has 5 heteroatoms. The average Bonchev–Trinajstić information content (AvgIpc) is 3.91. The molecule has 0 bridgehead atoms. The Morgan fingerprint density at radius 3 is 2.07 bits per heavy atom. The minimum absolute atomic E-state index is 0.558. The number of hydrogen-bond acceptors (Lipinski definition) is 4. The molecule has 254 valence electrons. The number of nitrogens with zero attached hydrogens (tertiary/aromatic N) is 3. The van der Waals surface area contributed by atoms with Gasteiger partial charge in [0, 0.05) is 47.4 Å². The van der Waals surface area contributed by atoms with Crippen molar-refractivity contribution in [3.05, 3.63) is 175 Å². The fraction of sp³-hybridized carbons (Fsp3) is 0. The van der Waals surface area contributed by atoms with E-state index in [9.17, 15) is 10.5 Å². The molecular formula is C50H27N3OS. The minimum atomic E-state index is 0.558. The van der Waals surface area contributed by atoms with Crippen molar-refractivity contribution >= 4 is 75.3 Å². The van der Waals surface area contributed by atoms with Gasteiger partial charge in [-0.3, -0.25) is 0 Å². The largest absolute Gasteiger partial charge is 0.456 e. The normalized spacial score (nSPS) is 11.6. The first kappa shape index (κ1) is 31.1. The molecule has 0 aliphatic heterocycles. The van der Waals surface area contributed by atoms with Gasteiger partial charge >= 0.3 is 0 Å². The molecule has 55 heavy (non-hydrogen) atoms. The molecule has 0 saturated heterocycles. The molecule has 0 aliphatic rings. The molecule has 3 aromatic heterocycles. The summed E-state index contributed by atoms with van der Waals surface area (Å²) in [6.07, 6.45) is 0.